The Bertz CT molecular complexity index is 956. The monoisotopic (exact) mass is 518 g/mol. The molecule has 3 aromatic rings. The zero-order valence-electron chi connectivity index (χ0n) is 22.6. The van der Waals surface area contributed by atoms with E-state index in [1.165, 1.54) is 16.7 Å². The fourth-order valence-electron chi connectivity index (χ4n) is 4.53. The summed E-state index contributed by atoms with van der Waals surface area (Å²) in [5.41, 5.74) is 9.13. The number of hydrogen-bond donors (Lipinski definition) is 1. The lowest BCUT2D eigenvalue weighted by Crippen LogP contribution is -2.40. The Kier molecular flexibility index (Phi) is 11.1. The Hall–Kier alpha value is -2.76. The molecule has 0 aliphatic heterocycles. The van der Waals surface area contributed by atoms with Gasteiger partial charge in [0.1, 0.15) is 5.60 Å². The lowest BCUT2D eigenvalue weighted by atomic mass is 9.84. The van der Waals surface area contributed by atoms with Gasteiger partial charge in [0.15, 0.2) is 0 Å². The fourth-order valence-corrected chi connectivity index (χ4v) is 6.09. The number of rotatable bonds is 13. The van der Waals surface area contributed by atoms with Crippen molar-refractivity contribution in [3.05, 3.63) is 108 Å². The molecule has 0 aliphatic rings. The van der Waals surface area contributed by atoms with Crippen molar-refractivity contribution < 1.29 is 9.53 Å². The molecule has 0 atom stereocenters. The van der Waals surface area contributed by atoms with E-state index in [4.69, 9.17) is 10.5 Å². The third kappa shape index (κ3) is 8.37. The van der Waals surface area contributed by atoms with E-state index in [-0.39, 0.29) is 10.8 Å². The van der Waals surface area contributed by atoms with Gasteiger partial charge in [0.2, 0.25) is 0 Å². The molecule has 0 spiro atoms. The molecule has 4 nitrogen and oxygen atoms in total. The highest BCUT2D eigenvalue weighted by Gasteiger charge is 2.36. The first kappa shape index (κ1) is 28.8. The highest BCUT2D eigenvalue weighted by molar-refractivity contribution is 8.00. The van der Waals surface area contributed by atoms with Gasteiger partial charge in [-0.1, -0.05) is 104 Å². The predicted molar refractivity (Wildman–Crippen MR) is 157 cm³/mol. The number of carbonyl (C=O) groups excluding carboxylic acids is 1. The van der Waals surface area contributed by atoms with Crippen molar-refractivity contribution in [1.82, 2.24) is 4.90 Å². The Labute approximate surface area is 227 Å². The number of amides is 1. The van der Waals surface area contributed by atoms with Crippen molar-refractivity contribution in [2.24, 2.45) is 5.73 Å². The molecule has 3 aromatic carbocycles. The molecule has 37 heavy (non-hydrogen) atoms. The molecular formula is C32H42N2O2S. The van der Waals surface area contributed by atoms with Crippen molar-refractivity contribution in [3.63, 3.8) is 0 Å². The molecule has 0 heterocycles. The Morgan fingerprint density at radius 1 is 0.730 bits per heavy atom. The average molecular weight is 519 g/mol. The summed E-state index contributed by atoms with van der Waals surface area (Å²) in [5, 5.41) is 0. The predicted octanol–water partition coefficient (Wildman–Crippen LogP) is 7.47. The lowest BCUT2D eigenvalue weighted by molar-refractivity contribution is 0.0252. The van der Waals surface area contributed by atoms with Gasteiger partial charge in [-0.15, -0.1) is 11.8 Å². The average Bonchev–Trinajstić information content (AvgIpc) is 2.90. The normalized spacial score (nSPS) is 11.8. The first-order valence-corrected chi connectivity index (χ1v) is 14.3. The molecule has 0 saturated heterocycles. The molecule has 1 amide bonds. The summed E-state index contributed by atoms with van der Waals surface area (Å²) in [7, 11) is 0. The van der Waals surface area contributed by atoms with Gasteiger partial charge in [0.05, 0.1) is 4.75 Å². The number of nitrogens with zero attached hydrogens (tertiary/aromatic N) is 1. The number of carbonyl (C=O) groups is 1. The number of unbranched alkanes of at least 4 members (excludes halogenated alkanes) is 3. The summed E-state index contributed by atoms with van der Waals surface area (Å²) in [6, 6.07) is 32.5. The number of thioether (sulfide) groups is 1. The van der Waals surface area contributed by atoms with Gasteiger partial charge < -0.3 is 15.4 Å². The van der Waals surface area contributed by atoms with Gasteiger partial charge in [-0.05, 0) is 56.1 Å². The van der Waals surface area contributed by atoms with Crippen LogP contribution in [0.4, 0.5) is 4.79 Å². The molecule has 0 radical (unpaired) electrons. The number of ether oxygens (including phenoxy) is 1. The Morgan fingerprint density at radius 3 is 1.62 bits per heavy atom. The van der Waals surface area contributed by atoms with Crippen LogP contribution in [0, 0.1) is 0 Å². The van der Waals surface area contributed by atoms with Gasteiger partial charge in [0.25, 0.3) is 0 Å². The van der Waals surface area contributed by atoms with Crippen LogP contribution in [-0.2, 0) is 9.48 Å². The summed E-state index contributed by atoms with van der Waals surface area (Å²) in [6.07, 6.45) is 3.98. The molecule has 0 fully saturated rings. The van der Waals surface area contributed by atoms with Crippen LogP contribution >= 0.6 is 11.8 Å². The molecule has 0 saturated carbocycles. The Morgan fingerprint density at radius 2 is 1.19 bits per heavy atom. The number of hydrogen-bond acceptors (Lipinski definition) is 4. The molecule has 0 aliphatic carbocycles. The zero-order valence-corrected chi connectivity index (χ0v) is 23.4. The zero-order chi connectivity index (χ0) is 26.6. The van der Waals surface area contributed by atoms with Crippen LogP contribution < -0.4 is 5.73 Å². The van der Waals surface area contributed by atoms with Crippen LogP contribution in [0.5, 0.6) is 0 Å². The first-order chi connectivity index (χ1) is 17.9. The van der Waals surface area contributed by atoms with Crippen molar-refractivity contribution in [2.75, 3.05) is 25.4 Å². The van der Waals surface area contributed by atoms with E-state index in [0.717, 1.165) is 31.4 Å². The summed E-state index contributed by atoms with van der Waals surface area (Å²) >= 11 is 2.01. The van der Waals surface area contributed by atoms with E-state index in [1.807, 2.05) is 32.5 Å². The molecule has 2 N–H and O–H groups in total. The van der Waals surface area contributed by atoms with E-state index < -0.39 is 5.60 Å². The standard InChI is InChI=1S/C32H42N2O2S/c1-31(2,3)36-30(35)34(25-23-33)24-15-4-5-16-26-37-32(27-17-9-6-10-18-27,28-19-11-7-12-20-28)29-21-13-8-14-22-29/h6-14,17-22H,4-5,15-16,23-26,33H2,1-3H3. The van der Waals surface area contributed by atoms with E-state index >= 15 is 0 Å². The van der Waals surface area contributed by atoms with E-state index in [9.17, 15) is 4.79 Å². The topological polar surface area (TPSA) is 55.6 Å². The van der Waals surface area contributed by atoms with Crippen LogP contribution in [0.3, 0.4) is 0 Å². The van der Waals surface area contributed by atoms with Crippen LogP contribution in [0.25, 0.3) is 0 Å². The van der Waals surface area contributed by atoms with E-state index in [1.54, 1.807) is 4.90 Å². The van der Waals surface area contributed by atoms with Crippen LogP contribution in [0.1, 0.15) is 63.1 Å². The molecule has 198 valence electrons. The third-order valence-electron chi connectivity index (χ3n) is 6.23. The van der Waals surface area contributed by atoms with Gasteiger partial charge >= 0.3 is 6.09 Å². The molecule has 5 heteroatoms. The second kappa shape index (κ2) is 14.3. The maximum absolute atomic E-state index is 12.5. The van der Waals surface area contributed by atoms with Crippen molar-refractivity contribution in [1.29, 1.82) is 0 Å². The van der Waals surface area contributed by atoms with Gasteiger partial charge in [-0.25, -0.2) is 4.79 Å². The quantitative estimate of drug-likeness (QED) is 0.188. The SMILES string of the molecule is CC(C)(C)OC(=O)N(CCN)CCCCCCSC(c1ccccc1)(c1ccccc1)c1ccccc1. The minimum atomic E-state index is -0.496. The van der Waals surface area contributed by atoms with Crippen LogP contribution in [0.2, 0.25) is 0 Å². The second-order valence-corrected chi connectivity index (χ2v) is 11.6. The van der Waals surface area contributed by atoms with Crippen molar-refractivity contribution >= 4 is 17.9 Å². The minimum Gasteiger partial charge on any atom is -0.444 e. The summed E-state index contributed by atoms with van der Waals surface area (Å²) < 4.78 is 5.27. The maximum atomic E-state index is 12.5. The fraction of sp³-hybridized carbons (Fsp3) is 0.406. The molecule has 0 unspecified atom stereocenters. The van der Waals surface area contributed by atoms with Gasteiger partial charge in [-0.3, -0.25) is 0 Å². The van der Waals surface area contributed by atoms with Gasteiger partial charge in [0, 0.05) is 19.6 Å². The molecule has 0 aromatic heterocycles. The minimum absolute atomic E-state index is 0.265. The highest BCUT2D eigenvalue weighted by atomic mass is 32.2. The summed E-state index contributed by atoms with van der Waals surface area (Å²) in [4.78, 5) is 14.2. The third-order valence-corrected chi connectivity index (χ3v) is 7.87. The van der Waals surface area contributed by atoms with Crippen molar-refractivity contribution in [2.45, 2.75) is 56.8 Å². The number of benzene rings is 3. The smallest absolute Gasteiger partial charge is 0.410 e. The molecule has 3 rings (SSSR count). The van der Waals surface area contributed by atoms with Crippen LogP contribution in [0.15, 0.2) is 91.0 Å². The largest absolute Gasteiger partial charge is 0.444 e. The summed E-state index contributed by atoms with van der Waals surface area (Å²) in [5.74, 6) is 1.04. The van der Waals surface area contributed by atoms with Crippen LogP contribution in [-0.4, -0.2) is 42.0 Å². The summed E-state index contributed by atoms with van der Waals surface area (Å²) in [6.45, 7) is 7.33. The highest BCUT2D eigenvalue weighted by Crippen LogP contribution is 2.48. The first-order valence-electron chi connectivity index (χ1n) is 13.4. The lowest BCUT2D eigenvalue weighted by Gasteiger charge is -2.35. The van der Waals surface area contributed by atoms with Gasteiger partial charge in [-0.2, -0.15) is 0 Å². The second-order valence-electron chi connectivity index (χ2n) is 10.3. The van der Waals surface area contributed by atoms with E-state index in [2.05, 4.69) is 91.0 Å². The molecular weight excluding hydrogens is 476 g/mol. The maximum Gasteiger partial charge on any atom is 0.410 e. The molecule has 0 bridgehead atoms. The van der Waals surface area contributed by atoms with E-state index in [0.29, 0.717) is 19.6 Å². The number of nitrogens with two attached hydrogens (primary N) is 1. The Balaban J connectivity index is 1.64. The van der Waals surface area contributed by atoms with Crippen molar-refractivity contribution in [3.8, 4) is 0 Å².